The topological polar surface area (TPSA) is 16.4 Å². The van der Waals surface area contributed by atoms with Gasteiger partial charge >= 0.3 is 0 Å². The quantitative estimate of drug-likeness (QED) is 0.156. The Kier molecular flexibility index (Phi) is 8.55. The van der Waals surface area contributed by atoms with E-state index >= 15 is 0 Å². The second-order valence-electron chi connectivity index (χ2n) is 14.0. The summed E-state index contributed by atoms with van der Waals surface area (Å²) in [4.78, 5) is 2.39. The third-order valence-electron chi connectivity index (χ3n) is 10.7. The highest BCUT2D eigenvalue weighted by Crippen LogP contribution is 2.46. The van der Waals surface area contributed by atoms with Gasteiger partial charge in [-0.05, 0) is 92.5 Å². The van der Waals surface area contributed by atoms with Crippen LogP contribution in [0, 0.1) is 0 Å². The van der Waals surface area contributed by atoms with Gasteiger partial charge in [-0.25, -0.2) is 0 Å². The minimum absolute atomic E-state index is 0.898. The molecule has 0 aliphatic rings. The van der Waals surface area contributed by atoms with Gasteiger partial charge in [0.15, 0.2) is 0 Å². The van der Waals surface area contributed by atoms with Gasteiger partial charge in [0.25, 0.3) is 0 Å². The Balaban J connectivity index is 1.13. The minimum atomic E-state index is 0.898. The average molecular weight is 716 g/mol. The number of fused-ring (bicyclic) bond motifs is 3. The van der Waals surface area contributed by atoms with Gasteiger partial charge in [0.1, 0.15) is 11.2 Å². The molecule has 0 radical (unpaired) electrons. The van der Waals surface area contributed by atoms with Gasteiger partial charge < -0.3 is 9.32 Å². The van der Waals surface area contributed by atoms with E-state index in [4.69, 9.17) is 4.42 Å². The van der Waals surface area contributed by atoms with Crippen LogP contribution in [-0.2, 0) is 0 Å². The maximum atomic E-state index is 6.25. The van der Waals surface area contributed by atoms with E-state index in [1.807, 2.05) is 12.1 Å². The van der Waals surface area contributed by atoms with Crippen molar-refractivity contribution in [3.63, 3.8) is 0 Å². The summed E-state index contributed by atoms with van der Waals surface area (Å²) >= 11 is 0. The Labute approximate surface area is 327 Å². The maximum absolute atomic E-state index is 6.25. The largest absolute Gasteiger partial charge is 0.456 e. The standard InChI is InChI=1S/C54H37NO/c1-3-16-38(17-4-1)39-30-34-42(35-31-39)55(43-36-32-41(33-37-43)45-26-15-29-53-54(45)50-25-12-14-28-52(50)56-53)51-27-13-11-24-49(51)48-23-10-9-22-47(48)46-21-8-7-20-44(46)40-18-5-2-6-19-40/h1-37H. The normalized spacial score (nSPS) is 11.2. The molecule has 0 aliphatic carbocycles. The highest BCUT2D eigenvalue weighted by atomic mass is 16.3. The molecule has 2 heteroatoms. The lowest BCUT2D eigenvalue weighted by Crippen LogP contribution is -2.11. The number of rotatable bonds is 8. The summed E-state index contributed by atoms with van der Waals surface area (Å²) in [5.74, 6) is 0. The van der Waals surface area contributed by atoms with Crippen LogP contribution in [0.5, 0.6) is 0 Å². The van der Waals surface area contributed by atoms with E-state index in [-0.39, 0.29) is 0 Å². The molecule has 0 atom stereocenters. The maximum Gasteiger partial charge on any atom is 0.136 e. The van der Waals surface area contributed by atoms with Crippen LogP contribution in [0.15, 0.2) is 229 Å². The van der Waals surface area contributed by atoms with Crippen LogP contribution < -0.4 is 4.90 Å². The molecule has 9 aromatic carbocycles. The van der Waals surface area contributed by atoms with E-state index in [0.29, 0.717) is 0 Å². The van der Waals surface area contributed by atoms with Crippen molar-refractivity contribution in [1.82, 2.24) is 0 Å². The molecule has 0 unspecified atom stereocenters. The number of benzene rings is 9. The average Bonchev–Trinajstić information content (AvgIpc) is 3.67. The number of anilines is 3. The van der Waals surface area contributed by atoms with Gasteiger partial charge in [-0.15, -0.1) is 0 Å². The molecule has 56 heavy (non-hydrogen) atoms. The highest BCUT2D eigenvalue weighted by Gasteiger charge is 2.21. The number of furan rings is 1. The molecule has 0 N–H and O–H groups in total. The highest BCUT2D eigenvalue weighted by molar-refractivity contribution is 6.12. The van der Waals surface area contributed by atoms with Crippen LogP contribution in [0.3, 0.4) is 0 Å². The predicted molar refractivity (Wildman–Crippen MR) is 236 cm³/mol. The van der Waals surface area contributed by atoms with Crippen molar-refractivity contribution in [2.24, 2.45) is 0 Å². The summed E-state index contributed by atoms with van der Waals surface area (Å²) in [6, 6.07) is 80.1. The van der Waals surface area contributed by atoms with Crippen molar-refractivity contribution < 1.29 is 4.42 Å². The van der Waals surface area contributed by atoms with E-state index in [2.05, 4.69) is 217 Å². The second kappa shape index (κ2) is 14.4. The minimum Gasteiger partial charge on any atom is -0.456 e. The molecular weight excluding hydrogens is 679 g/mol. The molecule has 0 saturated heterocycles. The molecule has 1 heterocycles. The first-order chi connectivity index (χ1) is 27.8. The molecular formula is C54H37NO. The van der Waals surface area contributed by atoms with E-state index < -0.39 is 0 Å². The molecule has 1 aromatic heterocycles. The third-order valence-corrected chi connectivity index (χ3v) is 10.7. The Morgan fingerprint density at radius 1 is 0.268 bits per heavy atom. The smallest absolute Gasteiger partial charge is 0.136 e. The van der Waals surface area contributed by atoms with Crippen molar-refractivity contribution in [2.45, 2.75) is 0 Å². The lowest BCUT2D eigenvalue weighted by molar-refractivity contribution is 0.669. The molecule has 10 rings (SSSR count). The van der Waals surface area contributed by atoms with Gasteiger partial charge in [-0.3, -0.25) is 0 Å². The summed E-state index contributed by atoms with van der Waals surface area (Å²) < 4.78 is 6.25. The number of hydrogen-bond acceptors (Lipinski definition) is 2. The van der Waals surface area contributed by atoms with Crippen LogP contribution in [0.1, 0.15) is 0 Å². The van der Waals surface area contributed by atoms with Crippen LogP contribution in [-0.4, -0.2) is 0 Å². The summed E-state index contributed by atoms with van der Waals surface area (Å²) in [6.45, 7) is 0. The van der Waals surface area contributed by atoms with Crippen LogP contribution >= 0.6 is 0 Å². The summed E-state index contributed by atoms with van der Waals surface area (Å²) in [5.41, 5.74) is 16.8. The van der Waals surface area contributed by atoms with E-state index in [9.17, 15) is 0 Å². The zero-order valence-electron chi connectivity index (χ0n) is 30.7. The predicted octanol–water partition coefficient (Wildman–Crippen LogP) is 15.4. The van der Waals surface area contributed by atoms with Gasteiger partial charge in [0, 0.05) is 27.7 Å². The fourth-order valence-corrected chi connectivity index (χ4v) is 8.10. The van der Waals surface area contributed by atoms with Gasteiger partial charge in [0.2, 0.25) is 0 Å². The Morgan fingerprint density at radius 3 is 1.38 bits per heavy atom. The fraction of sp³-hybridized carbons (Fsp3) is 0. The first kappa shape index (κ1) is 33.2. The Hall–Kier alpha value is -7.42. The van der Waals surface area contributed by atoms with Crippen LogP contribution in [0.2, 0.25) is 0 Å². The molecule has 0 fully saturated rings. The SMILES string of the molecule is c1ccc(-c2ccc(N(c3ccc(-c4cccc5oc6ccccc6c45)cc3)c3ccccc3-c3ccccc3-c3ccccc3-c3ccccc3)cc2)cc1. The van der Waals surface area contributed by atoms with Crippen molar-refractivity contribution in [2.75, 3.05) is 4.90 Å². The molecule has 0 amide bonds. The number of para-hydroxylation sites is 2. The molecule has 2 nitrogen and oxygen atoms in total. The van der Waals surface area contributed by atoms with Crippen molar-refractivity contribution in [1.29, 1.82) is 0 Å². The lowest BCUT2D eigenvalue weighted by Gasteiger charge is -2.29. The lowest BCUT2D eigenvalue weighted by atomic mass is 9.88. The monoisotopic (exact) mass is 715 g/mol. The fourth-order valence-electron chi connectivity index (χ4n) is 8.10. The van der Waals surface area contributed by atoms with Crippen molar-refractivity contribution in [3.05, 3.63) is 224 Å². The van der Waals surface area contributed by atoms with E-state index in [1.165, 1.54) is 38.9 Å². The number of hydrogen-bond donors (Lipinski definition) is 0. The van der Waals surface area contributed by atoms with Gasteiger partial charge in [-0.1, -0.05) is 182 Å². The van der Waals surface area contributed by atoms with Crippen molar-refractivity contribution >= 4 is 39.0 Å². The number of nitrogens with zero attached hydrogens (tertiary/aromatic N) is 1. The second-order valence-corrected chi connectivity index (χ2v) is 14.0. The third kappa shape index (κ3) is 6.04. The molecule has 0 spiro atoms. The zero-order valence-corrected chi connectivity index (χ0v) is 30.7. The summed E-state index contributed by atoms with van der Waals surface area (Å²) in [7, 11) is 0. The van der Waals surface area contributed by atoms with Crippen LogP contribution in [0.4, 0.5) is 17.1 Å². The Morgan fingerprint density at radius 2 is 0.696 bits per heavy atom. The van der Waals surface area contributed by atoms with Gasteiger partial charge in [-0.2, -0.15) is 0 Å². The molecule has 264 valence electrons. The molecule has 0 saturated carbocycles. The first-order valence-electron chi connectivity index (χ1n) is 19.1. The zero-order chi connectivity index (χ0) is 37.3. The van der Waals surface area contributed by atoms with Gasteiger partial charge in [0.05, 0.1) is 5.69 Å². The molecule has 0 bridgehead atoms. The first-order valence-corrected chi connectivity index (χ1v) is 19.1. The van der Waals surface area contributed by atoms with Crippen LogP contribution in [0.25, 0.3) is 77.6 Å². The van der Waals surface area contributed by atoms with Crippen molar-refractivity contribution in [3.8, 4) is 55.6 Å². The summed E-state index contributed by atoms with van der Waals surface area (Å²) in [5, 5.41) is 2.27. The van der Waals surface area contributed by atoms with E-state index in [1.54, 1.807) is 0 Å². The summed E-state index contributed by atoms with van der Waals surface area (Å²) in [6.07, 6.45) is 0. The van der Waals surface area contributed by atoms with E-state index in [0.717, 1.165) is 55.7 Å². The Bertz CT molecular complexity index is 2940. The molecule has 10 aromatic rings. The molecule has 0 aliphatic heterocycles.